The average Bonchev–Trinajstić information content (AvgIpc) is 2.59. The van der Waals surface area contributed by atoms with Gasteiger partial charge in [0.1, 0.15) is 0 Å². The third-order valence-electron chi connectivity index (χ3n) is 3.76. The number of hydrogen-bond acceptors (Lipinski definition) is 3. The van der Waals surface area contributed by atoms with Crippen molar-refractivity contribution in [3.63, 3.8) is 0 Å². The molecular weight excluding hydrogens is 286 g/mol. The van der Waals surface area contributed by atoms with Crippen LogP contribution >= 0.6 is 0 Å². The van der Waals surface area contributed by atoms with Gasteiger partial charge in [-0.3, -0.25) is 4.79 Å². The molecule has 0 aromatic heterocycles. The summed E-state index contributed by atoms with van der Waals surface area (Å²) in [6.07, 6.45) is 0. The number of likely N-dealkylation sites (N-methyl/N-ethyl adjacent to an activating group) is 1. The number of nitrogens with zero attached hydrogens (tertiary/aromatic N) is 2. The second-order valence-electron chi connectivity index (χ2n) is 5.92. The van der Waals surface area contributed by atoms with E-state index in [4.69, 9.17) is 5.73 Å². The first-order chi connectivity index (χ1) is 11.1. The lowest BCUT2D eigenvalue weighted by Gasteiger charge is -2.25. The van der Waals surface area contributed by atoms with Gasteiger partial charge in [-0.2, -0.15) is 0 Å². The zero-order chi connectivity index (χ0) is 16.7. The highest BCUT2D eigenvalue weighted by Crippen LogP contribution is 2.11. The zero-order valence-corrected chi connectivity index (χ0v) is 13.9. The fraction of sp³-hybridized carbons (Fsp3) is 0.316. The van der Waals surface area contributed by atoms with Gasteiger partial charge in [0.05, 0.1) is 0 Å². The van der Waals surface area contributed by atoms with Crippen LogP contribution in [0.4, 0.5) is 0 Å². The maximum Gasteiger partial charge on any atom is 0.254 e. The minimum absolute atomic E-state index is 0.0549. The van der Waals surface area contributed by atoms with E-state index in [1.165, 1.54) is 0 Å². The van der Waals surface area contributed by atoms with Gasteiger partial charge in [-0.1, -0.05) is 42.5 Å². The highest BCUT2D eigenvalue weighted by Gasteiger charge is 2.16. The Morgan fingerprint density at radius 3 is 2.13 bits per heavy atom. The molecule has 4 nitrogen and oxygen atoms in total. The van der Waals surface area contributed by atoms with E-state index >= 15 is 0 Å². The Morgan fingerprint density at radius 1 is 0.913 bits per heavy atom. The minimum Gasteiger partial charge on any atom is -0.333 e. The standard InChI is InChI=1S/C19H25N3O/c1-21(2)12-13-22(15-17-6-4-3-5-7-17)19(23)18-10-8-16(14-20)9-11-18/h3-11H,12-15,20H2,1-2H3. The van der Waals surface area contributed by atoms with Crippen molar-refractivity contribution in [1.82, 2.24) is 9.80 Å². The number of rotatable bonds is 7. The van der Waals surface area contributed by atoms with Crippen molar-refractivity contribution in [2.24, 2.45) is 5.73 Å². The summed E-state index contributed by atoms with van der Waals surface area (Å²) >= 11 is 0. The van der Waals surface area contributed by atoms with Crippen LogP contribution in [0, 0.1) is 0 Å². The monoisotopic (exact) mass is 311 g/mol. The fourth-order valence-corrected chi connectivity index (χ4v) is 2.34. The van der Waals surface area contributed by atoms with E-state index in [2.05, 4.69) is 4.90 Å². The van der Waals surface area contributed by atoms with Crippen LogP contribution in [0.3, 0.4) is 0 Å². The van der Waals surface area contributed by atoms with Gasteiger partial charge in [0.2, 0.25) is 0 Å². The molecule has 0 fully saturated rings. The molecule has 0 aliphatic rings. The highest BCUT2D eigenvalue weighted by molar-refractivity contribution is 5.94. The molecule has 0 saturated carbocycles. The lowest BCUT2D eigenvalue weighted by atomic mass is 10.1. The summed E-state index contributed by atoms with van der Waals surface area (Å²) < 4.78 is 0. The van der Waals surface area contributed by atoms with Gasteiger partial charge < -0.3 is 15.5 Å². The van der Waals surface area contributed by atoms with E-state index in [1.807, 2.05) is 73.6 Å². The lowest BCUT2D eigenvalue weighted by Crippen LogP contribution is -2.36. The van der Waals surface area contributed by atoms with Crippen LogP contribution in [0.15, 0.2) is 54.6 Å². The van der Waals surface area contributed by atoms with Gasteiger partial charge in [0.15, 0.2) is 0 Å². The van der Waals surface area contributed by atoms with E-state index in [0.717, 1.165) is 17.7 Å². The molecular formula is C19H25N3O. The molecule has 122 valence electrons. The summed E-state index contributed by atoms with van der Waals surface area (Å²) in [6.45, 7) is 2.63. The molecule has 2 N–H and O–H groups in total. The van der Waals surface area contributed by atoms with Crippen LogP contribution in [0.2, 0.25) is 0 Å². The molecule has 0 bridgehead atoms. The van der Waals surface area contributed by atoms with Gasteiger partial charge >= 0.3 is 0 Å². The number of amides is 1. The van der Waals surface area contributed by atoms with Crippen molar-refractivity contribution in [3.8, 4) is 0 Å². The van der Waals surface area contributed by atoms with E-state index in [-0.39, 0.29) is 5.91 Å². The molecule has 0 atom stereocenters. The molecule has 2 aromatic carbocycles. The quantitative estimate of drug-likeness (QED) is 0.854. The molecule has 4 heteroatoms. The Balaban J connectivity index is 2.15. The van der Waals surface area contributed by atoms with Crippen LogP contribution in [-0.4, -0.2) is 42.9 Å². The normalized spacial score (nSPS) is 10.8. The maximum atomic E-state index is 12.8. The largest absolute Gasteiger partial charge is 0.333 e. The molecule has 2 rings (SSSR count). The number of carbonyl (C=O) groups excluding carboxylic acids is 1. The van der Waals surface area contributed by atoms with Crippen LogP contribution < -0.4 is 5.73 Å². The Bertz CT molecular complexity index is 608. The summed E-state index contributed by atoms with van der Waals surface area (Å²) in [5.41, 5.74) is 8.49. The van der Waals surface area contributed by atoms with Gasteiger partial charge in [-0.05, 0) is 37.4 Å². The summed E-state index contributed by atoms with van der Waals surface area (Å²) in [5.74, 6) is 0.0549. The molecule has 0 saturated heterocycles. The van der Waals surface area contributed by atoms with E-state index < -0.39 is 0 Å². The maximum absolute atomic E-state index is 12.8. The topological polar surface area (TPSA) is 49.6 Å². The molecule has 0 aliphatic carbocycles. The summed E-state index contributed by atoms with van der Waals surface area (Å²) in [7, 11) is 4.03. The number of benzene rings is 2. The van der Waals surface area contributed by atoms with E-state index in [9.17, 15) is 4.79 Å². The predicted octanol–water partition coefficient (Wildman–Crippen LogP) is 2.35. The van der Waals surface area contributed by atoms with Crippen molar-refractivity contribution < 1.29 is 4.79 Å². The second kappa shape index (κ2) is 8.46. The van der Waals surface area contributed by atoms with Crippen LogP contribution in [0.25, 0.3) is 0 Å². The van der Waals surface area contributed by atoms with Crippen molar-refractivity contribution in [3.05, 3.63) is 71.3 Å². The molecule has 1 amide bonds. The smallest absolute Gasteiger partial charge is 0.254 e. The first-order valence-corrected chi connectivity index (χ1v) is 7.87. The molecule has 0 heterocycles. The number of carbonyl (C=O) groups is 1. The molecule has 0 spiro atoms. The number of hydrogen-bond donors (Lipinski definition) is 1. The Hall–Kier alpha value is -2.17. The Labute approximate surface area is 138 Å². The molecule has 0 radical (unpaired) electrons. The van der Waals surface area contributed by atoms with Gasteiger partial charge in [0, 0.05) is 31.7 Å². The summed E-state index contributed by atoms with van der Waals surface area (Å²) in [5, 5.41) is 0. The van der Waals surface area contributed by atoms with Crippen LogP contribution in [-0.2, 0) is 13.1 Å². The van der Waals surface area contributed by atoms with Crippen molar-refractivity contribution in [2.75, 3.05) is 27.2 Å². The first kappa shape index (κ1) is 17.2. The zero-order valence-electron chi connectivity index (χ0n) is 13.9. The van der Waals surface area contributed by atoms with Crippen molar-refractivity contribution in [1.29, 1.82) is 0 Å². The van der Waals surface area contributed by atoms with Crippen LogP contribution in [0.1, 0.15) is 21.5 Å². The minimum atomic E-state index is 0.0549. The Morgan fingerprint density at radius 2 is 1.57 bits per heavy atom. The predicted molar refractivity (Wildman–Crippen MR) is 94.1 cm³/mol. The van der Waals surface area contributed by atoms with Gasteiger partial charge in [-0.15, -0.1) is 0 Å². The third-order valence-corrected chi connectivity index (χ3v) is 3.76. The highest BCUT2D eigenvalue weighted by atomic mass is 16.2. The summed E-state index contributed by atoms with van der Waals surface area (Å²) in [4.78, 5) is 16.8. The van der Waals surface area contributed by atoms with Crippen LogP contribution in [0.5, 0.6) is 0 Å². The molecule has 23 heavy (non-hydrogen) atoms. The SMILES string of the molecule is CN(C)CCN(Cc1ccccc1)C(=O)c1ccc(CN)cc1. The average molecular weight is 311 g/mol. The molecule has 2 aromatic rings. The van der Waals surface area contributed by atoms with E-state index in [1.54, 1.807) is 0 Å². The summed E-state index contributed by atoms with van der Waals surface area (Å²) in [6, 6.07) is 17.6. The first-order valence-electron chi connectivity index (χ1n) is 7.87. The third kappa shape index (κ3) is 5.20. The van der Waals surface area contributed by atoms with Crippen molar-refractivity contribution in [2.45, 2.75) is 13.1 Å². The lowest BCUT2D eigenvalue weighted by molar-refractivity contribution is 0.0732. The van der Waals surface area contributed by atoms with Gasteiger partial charge in [0.25, 0.3) is 5.91 Å². The van der Waals surface area contributed by atoms with Gasteiger partial charge in [-0.25, -0.2) is 0 Å². The number of nitrogens with two attached hydrogens (primary N) is 1. The fourth-order valence-electron chi connectivity index (χ4n) is 2.34. The van der Waals surface area contributed by atoms with Crippen molar-refractivity contribution >= 4 is 5.91 Å². The second-order valence-corrected chi connectivity index (χ2v) is 5.92. The van der Waals surface area contributed by atoms with E-state index in [0.29, 0.717) is 25.2 Å². The molecule has 0 unspecified atom stereocenters. The Kier molecular flexibility index (Phi) is 6.32. The molecule has 0 aliphatic heterocycles.